The number of anilines is 2. The molecule has 0 unspecified atom stereocenters. The number of aryl methyl sites for hydroxylation is 2. The van der Waals surface area contributed by atoms with Crippen molar-refractivity contribution in [3.05, 3.63) is 71.3 Å². The first-order valence-electron chi connectivity index (χ1n) is 9.23. The highest BCUT2D eigenvalue weighted by Crippen LogP contribution is 2.32. The molecule has 3 aromatic carbocycles. The van der Waals surface area contributed by atoms with Crippen molar-refractivity contribution in [2.75, 3.05) is 10.6 Å². The number of fused-ring (bicyclic) bond motifs is 1. The Hall–Kier alpha value is -3.14. The lowest BCUT2D eigenvalue weighted by Gasteiger charge is -2.14. The molecule has 0 atom stereocenters. The lowest BCUT2D eigenvalue weighted by molar-refractivity contribution is -0.117. The van der Waals surface area contributed by atoms with Gasteiger partial charge in [0.1, 0.15) is 0 Å². The van der Waals surface area contributed by atoms with Crippen LogP contribution in [0.3, 0.4) is 0 Å². The van der Waals surface area contributed by atoms with Crippen LogP contribution >= 0.6 is 0 Å². The molecule has 2 N–H and O–H groups in total. The van der Waals surface area contributed by atoms with E-state index in [9.17, 15) is 9.59 Å². The van der Waals surface area contributed by atoms with Gasteiger partial charge in [0, 0.05) is 11.6 Å². The molecule has 1 saturated carbocycles. The molecule has 1 aliphatic rings. The first kappa shape index (κ1) is 17.3. The lowest BCUT2D eigenvalue weighted by Crippen LogP contribution is -2.19. The van der Waals surface area contributed by atoms with Crippen molar-refractivity contribution >= 4 is 34.0 Å². The van der Waals surface area contributed by atoms with Crippen molar-refractivity contribution < 1.29 is 9.59 Å². The first-order chi connectivity index (χ1) is 13.0. The summed E-state index contributed by atoms with van der Waals surface area (Å²) in [5.41, 5.74) is 4.08. The highest BCUT2D eigenvalue weighted by Gasteiger charge is 2.30. The molecule has 0 aromatic heterocycles. The molecule has 4 rings (SSSR count). The molecule has 0 bridgehead atoms. The van der Waals surface area contributed by atoms with Crippen LogP contribution in [0, 0.1) is 19.8 Å². The quantitative estimate of drug-likeness (QED) is 0.685. The van der Waals surface area contributed by atoms with Crippen LogP contribution < -0.4 is 10.6 Å². The molecule has 3 aromatic rings. The fourth-order valence-electron chi connectivity index (χ4n) is 3.13. The van der Waals surface area contributed by atoms with Crippen LogP contribution in [0.2, 0.25) is 0 Å². The summed E-state index contributed by atoms with van der Waals surface area (Å²) in [7, 11) is 0. The molecule has 4 heteroatoms. The Labute approximate surface area is 158 Å². The summed E-state index contributed by atoms with van der Waals surface area (Å²) in [5, 5.41) is 7.87. The fraction of sp³-hybridized carbons (Fsp3) is 0.217. The largest absolute Gasteiger partial charge is 0.325 e. The Morgan fingerprint density at radius 1 is 0.852 bits per heavy atom. The van der Waals surface area contributed by atoms with E-state index in [1.807, 2.05) is 68.4 Å². The minimum atomic E-state index is -0.227. The van der Waals surface area contributed by atoms with Gasteiger partial charge in [-0.05, 0) is 72.9 Å². The van der Waals surface area contributed by atoms with E-state index < -0.39 is 0 Å². The van der Waals surface area contributed by atoms with Gasteiger partial charge in [0.2, 0.25) is 5.91 Å². The molecule has 0 aliphatic heterocycles. The van der Waals surface area contributed by atoms with E-state index in [1.165, 1.54) is 5.56 Å². The van der Waals surface area contributed by atoms with Crippen LogP contribution in [0.15, 0.2) is 54.6 Å². The number of hydrogen-bond donors (Lipinski definition) is 2. The molecular formula is C23H22N2O2. The van der Waals surface area contributed by atoms with Gasteiger partial charge in [0.05, 0.1) is 11.3 Å². The fourth-order valence-corrected chi connectivity index (χ4v) is 3.13. The van der Waals surface area contributed by atoms with Crippen molar-refractivity contribution in [2.24, 2.45) is 5.92 Å². The zero-order chi connectivity index (χ0) is 19.0. The summed E-state index contributed by atoms with van der Waals surface area (Å²) in [6, 6.07) is 17.4. The number of nitrogens with one attached hydrogen (secondary N) is 2. The maximum absolute atomic E-state index is 13.0. The molecule has 0 saturated heterocycles. The Bertz CT molecular complexity index is 1050. The molecule has 136 valence electrons. The van der Waals surface area contributed by atoms with Crippen molar-refractivity contribution in [1.29, 1.82) is 0 Å². The average Bonchev–Trinajstić information content (AvgIpc) is 3.49. The van der Waals surface area contributed by atoms with Crippen LogP contribution in [-0.2, 0) is 4.79 Å². The highest BCUT2D eigenvalue weighted by atomic mass is 16.2. The summed E-state index contributed by atoms with van der Waals surface area (Å²) < 4.78 is 0. The maximum Gasteiger partial charge on any atom is 0.257 e. The van der Waals surface area contributed by atoms with E-state index in [1.54, 1.807) is 0 Å². The van der Waals surface area contributed by atoms with Gasteiger partial charge in [0.15, 0.2) is 0 Å². The molecule has 0 spiro atoms. The zero-order valence-corrected chi connectivity index (χ0v) is 15.5. The van der Waals surface area contributed by atoms with Crippen LogP contribution in [0.5, 0.6) is 0 Å². The molecule has 0 heterocycles. The second kappa shape index (κ2) is 6.88. The van der Waals surface area contributed by atoms with Gasteiger partial charge in [-0.1, -0.05) is 30.3 Å². The van der Waals surface area contributed by atoms with Gasteiger partial charge in [-0.3, -0.25) is 9.59 Å². The number of carbonyl (C=O) groups is 2. The summed E-state index contributed by atoms with van der Waals surface area (Å²) >= 11 is 0. The third-order valence-electron chi connectivity index (χ3n) is 5.10. The van der Waals surface area contributed by atoms with E-state index in [-0.39, 0.29) is 17.7 Å². The van der Waals surface area contributed by atoms with E-state index in [4.69, 9.17) is 0 Å². The lowest BCUT2D eigenvalue weighted by atomic mass is 10.0. The van der Waals surface area contributed by atoms with E-state index >= 15 is 0 Å². The van der Waals surface area contributed by atoms with Crippen molar-refractivity contribution in [3.63, 3.8) is 0 Å². The summed E-state index contributed by atoms with van der Waals surface area (Å²) in [4.78, 5) is 25.3. The van der Waals surface area contributed by atoms with Gasteiger partial charge in [-0.2, -0.15) is 0 Å². The minimum absolute atomic E-state index is 0.00879. The molecule has 0 radical (unpaired) electrons. The predicted molar refractivity (Wildman–Crippen MR) is 109 cm³/mol. The topological polar surface area (TPSA) is 58.2 Å². The van der Waals surface area contributed by atoms with Gasteiger partial charge < -0.3 is 10.6 Å². The number of benzene rings is 3. The molecule has 4 nitrogen and oxygen atoms in total. The van der Waals surface area contributed by atoms with Crippen molar-refractivity contribution in [3.8, 4) is 0 Å². The number of amides is 2. The maximum atomic E-state index is 13.0. The third-order valence-corrected chi connectivity index (χ3v) is 5.10. The monoisotopic (exact) mass is 358 g/mol. The van der Waals surface area contributed by atoms with E-state index in [0.29, 0.717) is 11.3 Å². The number of hydrogen-bond acceptors (Lipinski definition) is 2. The predicted octanol–water partition coefficient (Wildman–Crippen LogP) is 5.06. The molecular weight excluding hydrogens is 336 g/mol. The van der Waals surface area contributed by atoms with Crippen LogP contribution in [0.4, 0.5) is 11.4 Å². The SMILES string of the molecule is Cc1ccc(NC(=O)c2cc3ccccc3cc2NC(=O)C2CC2)cc1C. The van der Waals surface area contributed by atoms with Gasteiger partial charge in [-0.25, -0.2) is 0 Å². The minimum Gasteiger partial charge on any atom is -0.325 e. The summed E-state index contributed by atoms with van der Waals surface area (Å²) in [5.74, 6) is -0.159. The second-order valence-corrected chi connectivity index (χ2v) is 7.26. The molecule has 27 heavy (non-hydrogen) atoms. The van der Waals surface area contributed by atoms with Crippen LogP contribution in [0.25, 0.3) is 10.8 Å². The summed E-state index contributed by atoms with van der Waals surface area (Å²) in [6.07, 6.45) is 1.84. The van der Waals surface area contributed by atoms with Gasteiger partial charge in [-0.15, -0.1) is 0 Å². The zero-order valence-electron chi connectivity index (χ0n) is 15.5. The number of rotatable bonds is 4. The van der Waals surface area contributed by atoms with E-state index in [0.717, 1.165) is 34.9 Å². The van der Waals surface area contributed by atoms with Crippen LogP contribution in [-0.4, -0.2) is 11.8 Å². The van der Waals surface area contributed by atoms with Gasteiger partial charge in [0.25, 0.3) is 5.91 Å². The Kier molecular flexibility index (Phi) is 4.40. The smallest absolute Gasteiger partial charge is 0.257 e. The summed E-state index contributed by atoms with van der Waals surface area (Å²) in [6.45, 7) is 4.05. The second-order valence-electron chi connectivity index (χ2n) is 7.26. The third kappa shape index (κ3) is 3.70. The highest BCUT2D eigenvalue weighted by molar-refractivity contribution is 6.13. The Balaban J connectivity index is 1.69. The van der Waals surface area contributed by atoms with Gasteiger partial charge >= 0.3 is 0 Å². The first-order valence-corrected chi connectivity index (χ1v) is 9.23. The van der Waals surface area contributed by atoms with Crippen LogP contribution in [0.1, 0.15) is 34.3 Å². The molecule has 1 fully saturated rings. The normalized spacial score (nSPS) is 13.4. The van der Waals surface area contributed by atoms with Crippen molar-refractivity contribution in [1.82, 2.24) is 0 Å². The molecule has 2 amide bonds. The Morgan fingerprint density at radius 2 is 1.56 bits per heavy atom. The molecule has 1 aliphatic carbocycles. The average molecular weight is 358 g/mol. The van der Waals surface area contributed by atoms with Crippen molar-refractivity contribution in [2.45, 2.75) is 26.7 Å². The Morgan fingerprint density at radius 3 is 2.22 bits per heavy atom. The standard InChI is InChI=1S/C23H22N2O2/c1-14-7-10-19(11-15(14)2)24-23(27)20-12-17-5-3-4-6-18(17)13-21(20)25-22(26)16-8-9-16/h3-7,10-13,16H,8-9H2,1-2H3,(H,24,27)(H,25,26). The van der Waals surface area contributed by atoms with E-state index in [2.05, 4.69) is 10.6 Å². The number of carbonyl (C=O) groups excluding carboxylic acids is 2.